The number of aliphatic hydroxyl groups excluding tert-OH is 1. The monoisotopic (exact) mass is 313 g/mol. The van der Waals surface area contributed by atoms with Gasteiger partial charge in [-0.15, -0.1) is 0 Å². The van der Waals surface area contributed by atoms with Crippen molar-refractivity contribution >= 4 is 27.7 Å². The second-order valence-electron chi connectivity index (χ2n) is 3.63. The van der Waals surface area contributed by atoms with E-state index in [1.807, 2.05) is 24.6 Å². The summed E-state index contributed by atoms with van der Waals surface area (Å²) in [5.41, 5.74) is 1.89. The Labute approximate surface area is 112 Å². The summed E-state index contributed by atoms with van der Waals surface area (Å²) in [6.07, 6.45) is 3.45. The molecule has 2 aromatic heterocycles. The zero-order valence-corrected chi connectivity index (χ0v) is 11.9. The van der Waals surface area contributed by atoms with Gasteiger partial charge < -0.3 is 9.67 Å². The van der Waals surface area contributed by atoms with Crippen LogP contribution in [0, 0.1) is 6.92 Å². The molecule has 0 radical (unpaired) electrons. The van der Waals surface area contributed by atoms with Crippen molar-refractivity contribution < 1.29 is 5.11 Å². The van der Waals surface area contributed by atoms with E-state index in [4.69, 9.17) is 5.11 Å². The molecule has 0 aliphatic heterocycles. The van der Waals surface area contributed by atoms with Gasteiger partial charge >= 0.3 is 0 Å². The van der Waals surface area contributed by atoms with E-state index in [2.05, 4.69) is 25.9 Å². The van der Waals surface area contributed by atoms with E-state index < -0.39 is 0 Å². The number of pyridine rings is 1. The zero-order chi connectivity index (χ0) is 12.4. The molecule has 0 bridgehead atoms. The van der Waals surface area contributed by atoms with Crippen LogP contribution in [0.5, 0.6) is 0 Å². The Bertz CT molecular complexity index is 542. The molecule has 0 spiro atoms. The molecule has 0 saturated carbocycles. The number of aliphatic hydroxyl groups is 1. The molecule has 2 aromatic rings. The highest BCUT2D eigenvalue weighted by molar-refractivity contribution is 9.10. The third-order valence-corrected chi connectivity index (χ3v) is 4.00. The quantitative estimate of drug-likeness (QED) is 0.946. The van der Waals surface area contributed by atoms with Crippen LogP contribution in [0.3, 0.4) is 0 Å². The minimum atomic E-state index is -0.00317. The maximum absolute atomic E-state index is 9.10. The van der Waals surface area contributed by atoms with Crippen molar-refractivity contribution in [2.75, 3.05) is 0 Å². The first-order valence-corrected chi connectivity index (χ1v) is 6.64. The molecule has 0 fully saturated rings. The van der Waals surface area contributed by atoms with Gasteiger partial charge in [0.2, 0.25) is 0 Å². The van der Waals surface area contributed by atoms with Gasteiger partial charge in [-0.25, -0.2) is 9.97 Å². The van der Waals surface area contributed by atoms with E-state index in [1.165, 1.54) is 11.8 Å². The predicted octanol–water partition coefficient (Wildman–Crippen LogP) is 2.53. The summed E-state index contributed by atoms with van der Waals surface area (Å²) >= 11 is 4.88. The molecular formula is C11H12BrN3OS. The van der Waals surface area contributed by atoms with E-state index in [0.717, 1.165) is 25.9 Å². The third kappa shape index (κ3) is 2.70. The highest BCUT2D eigenvalue weighted by Crippen LogP contribution is 2.28. The molecule has 0 atom stereocenters. The molecule has 2 heterocycles. The summed E-state index contributed by atoms with van der Waals surface area (Å²) in [5, 5.41) is 10.8. The van der Waals surface area contributed by atoms with E-state index in [0.29, 0.717) is 0 Å². The van der Waals surface area contributed by atoms with Gasteiger partial charge in [0.15, 0.2) is 5.16 Å². The fraction of sp³-hybridized carbons (Fsp3) is 0.273. The summed E-state index contributed by atoms with van der Waals surface area (Å²) in [6.45, 7) is 2.01. The van der Waals surface area contributed by atoms with Gasteiger partial charge in [-0.1, -0.05) is 0 Å². The minimum absolute atomic E-state index is 0.00317. The van der Waals surface area contributed by atoms with Crippen LogP contribution in [-0.2, 0) is 13.7 Å². The number of hydrogen-bond acceptors (Lipinski definition) is 4. The Morgan fingerprint density at radius 1 is 1.41 bits per heavy atom. The lowest BCUT2D eigenvalue weighted by atomic mass is 10.3. The fourth-order valence-electron chi connectivity index (χ4n) is 1.39. The highest BCUT2D eigenvalue weighted by atomic mass is 79.9. The fourth-order valence-corrected chi connectivity index (χ4v) is 2.69. The average Bonchev–Trinajstić information content (AvgIpc) is 2.64. The predicted molar refractivity (Wildman–Crippen MR) is 69.9 cm³/mol. The van der Waals surface area contributed by atoms with Crippen molar-refractivity contribution in [3.63, 3.8) is 0 Å². The number of hydrogen-bond donors (Lipinski definition) is 1. The second-order valence-corrected chi connectivity index (χ2v) is 5.50. The number of imidazole rings is 1. The van der Waals surface area contributed by atoms with Gasteiger partial charge in [-0.2, -0.15) is 0 Å². The zero-order valence-electron chi connectivity index (χ0n) is 9.51. The lowest BCUT2D eigenvalue weighted by molar-refractivity contribution is 0.271. The Morgan fingerprint density at radius 3 is 2.76 bits per heavy atom. The van der Waals surface area contributed by atoms with Crippen LogP contribution in [-0.4, -0.2) is 19.6 Å². The standard InChI is InChI=1S/C11H12BrN3OS/c1-7-3-8(12)4-13-10(7)17-11-14-5-9(6-16)15(11)2/h3-5,16H,6H2,1-2H3. The summed E-state index contributed by atoms with van der Waals surface area (Å²) in [5.74, 6) is 0. The first-order chi connectivity index (χ1) is 8.11. The molecule has 17 heavy (non-hydrogen) atoms. The van der Waals surface area contributed by atoms with Crippen LogP contribution >= 0.6 is 27.7 Å². The number of halogens is 1. The largest absolute Gasteiger partial charge is 0.390 e. The molecule has 0 unspecified atom stereocenters. The van der Waals surface area contributed by atoms with Gasteiger partial charge in [0, 0.05) is 17.7 Å². The molecule has 0 amide bonds. The third-order valence-electron chi connectivity index (χ3n) is 2.39. The Morgan fingerprint density at radius 2 is 2.18 bits per heavy atom. The number of nitrogens with zero attached hydrogens (tertiary/aromatic N) is 3. The second kappa shape index (κ2) is 5.20. The maximum Gasteiger partial charge on any atom is 0.174 e. The van der Waals surface area contributed by atoms with Crippen LogP contribution in [0.15, 0.2) is 33.1 Å². The van der Waals surface area contributed by atoms with Gasteiger partial charge in [0.25, 0.3) is 0 Å². The van der Waals surface area contributed by atoms with Crippen molar-refractivity contribution in [1.29, 1.82) is 0 Å². The SMILES string of the molecule is Cc1cc(Br)cnc1Sc1ncc(CO)n1C. The van der Waals surface area contributed by atoms with Crippen molar-refractivity contribution in [3.05, 3.63) is 34.2 Å². The molecule has 0 aliphatic carbocycles. The topological polar surface area (TPSA) is 50.9 Å². The van der Waals surface area contributed by atoms with Crippen molar-refractivity contribution in [1.82, 2.24) is 14.5 Å². The van der Waals surface area contributed by atoms with E-state index in [-0.39, 0.29) is 6.61 Å². The van der Waals surface area contributed by atoms with Gasteiger partial charge in [0.1, 0.15) is 5.03 Å². The number of aryl methyl sites for hydroxylation is 1. The minimum Gasteiger partial charge on any atom is -0.390 e. The van der Waals surface area contributed by atoms with Gasteiger partial charge in [0.05, 0.1) is 18.5 Å². The number of aromatic nitrogens is 3. The lowest BCUT2D eigenvalue weighted by Gasteiger charge is -2.05. The molecule has 0 aliphatic rings. The number of rotatable bonds is 3. The van der Waals surface area contributed by atoms with Crippen LogP contribution < -0.4 is 0 Å². The first kappa shape index (κ1) is 12.6. The molecule has 6 heteroatoms. The molecule has 2 rings (SSSR count). The summed E-state index contributed by atoms with van der Waals surface area (Å²) < 4.78 is 2.84. The van der Waals surface area contributed by atoms with Crippen LogP contribution in [0.25, 0.3) is 0 Å². The van der Waals surface area contributed by atoms with Crippen molar-refractivity contribution in [2.24, 2.45) is 7.05 Å². The first-order valence-electron chi connectivity index (χ1n) is 5.03. The van der Waals surface area contributed by atoms with E-state index >= 15 is 0 Å². The van der Waals surface area contributed by atoms with Crippen LogP contribution in [0.2, 0.25) is 0 Å². The smallest absolute Gasteiger partial charge is 0.174 e. The lowest BCUT2D eigenvalue weighted by Crippen LogP contribution is -1.97. The summed E-state index contributed by atoms with van der Waals surface area (Å²) in [4.78, 5) is 8.61. The molecule has 90 valence electrons. The van der Waals surface area contributed by atoms with Crippen LogP contribution in [0.1, 0.15) is 11.3 Å². The summed E-state index contributed by atoms with van der Waals surface area (Å²) in [7, 11) is 1.88. The normalized spacial score (nSPS) is 10.8. The maximum atomic E-state index is 9.10. The van der Waals surface area contributed by atoms with Gasteiger partial charge in [-0.3, -0.25) is 0 Å². The van der Waals surface area contributed by atoms with Crippen molar-refractivity contribution in [2.45, 2.75) is 23.7 Å². The Kier molecular flexibility index (Phi) is 3.86. The Balaban J connectivity index is 2.28. The van der Waals surface area contributed by atoms with Crippen molar-refractivity contribution in [3.8, 4) is 0 Å². The molecule has 0 saturated heterocycles. The van der Waals surface area contributed by atoms with Gasteiger partial charge in [-0.05, 0) is 46.2 Å². The van der Waals surface area contributed by atoms with E-state index in [1.54, 1.807) is 12.4 Å². The van der Waals surface area contributed by atoms with E-state index in [9.17, 15) is 0 Å². The molecule has 1 N–H and O–H groups in total. The molecule has 4 nitrogen and oxygen atoms in total. The highest BCUT2D eigenvalue weighted by Gasteiger charge is 2.10. The molecule has 0 aromatic carbocycles. The average molecular weight is 314 g/mol. The molecular weight excluding hydrogens is 302 g/mol. The summed E-state index contributed by atoms with van der Waals surface area (Å²) in [6, 6.07) is 2.02. The Hall–Kier alpha value is -0.850. The van der Waals surface area contributed by atoms with Crippen LogP contribution in [0.4, 0.5) is 0 Å².